The summed E-state index contributed by atoms with van der Waals surface area (Å²) in [5, 5.41) is 0. The molecule has 0 amide bonds. The Kier molecular flexibility index (Phi) is 5.01. The first-order valence-corrected chi connectivity index (χ1v) is 6.22. The standard InChI is InChI=1S/C13H12F9N/c1-5(2)10(23)7-3-6(11(14,15)16)4-8(12(17,18)19)9(7)13(20,21)22/h3-5,10H,23H2,1-2H3. The number of nitrogens with two attached hydrogens (primary N) is 1. The van der Waals surface area contributed by atoms with E-state index in [0.717, 1.165) is 0 Å². The fraction of sp³-hybridized carbons (Fsp3) is 0.538. The first-order chi connectivity index (χ1) is 10.1. The molecule has 2 N–H and O–H groups in total. The van der Waals surface area contributed by atoms with Gasteiger partial charge >= 0.3 is 18.5 Å². The average Bonchev–Trinajstić information content (AvgIpc) is 2.32. The van der Waals surface area contributed by atoms with Gasteiger partial charge in [0.2, 0.25) is 0 Å². The van der Waals surface area contributed by atoms with E-state index in [1.54, 1.807) is 0 Å². The summed E-state index contributed by atoms with van der Waals surface area (Å²) < 4.78 is 116. The third kappa shape index (κ3) is 4.30. The van der Waals surface area contributed by atoms with Crippen LogP contribution < -0.4 is 5.73 Å². The van der Waals surface area contributed by atoms with Crippen LogP contribution in [0.15, 0.2) is 12.1 Å². The molecular weight excluding hydrogens is 341 g/mol. The van der Waals surface area contributed by atoms with Gasteiger partial charge in [-0.2, -0.15) is 39.5 Å². The third-order valence-corrected chi connectivity index (χ3v) is 3.16. The summed E-state index contributed by atoms with van der Waals surface area (Å²) in [4.78, 5) is 0. The Morgan fingerprint density at radius 2 is 1.26 bits per heavy atom. The minimum atomic E-state index is -5.61. The second kappa shape index (κ2) is 5.88. The lowest BCUT2D eigenvalue weighted by Crippen LogP contribution is -2.27. The zero-order valence-corrected chi connectivity index (χ0v) is 11.8. The van der Waals surface area contributed by atoms with E-state index in [1.165, 1.54) is 13.8 Å². The normalized spacial score (nSPS) is 15.2. The van der Waals surface area contributed by atoms with E-state index >= 15 is 0 Å². The van der Waals surface area contributed by atoms with Crippen LogP contribution in [0.2, 0.25) is 0 Å². The molecule has 1 rings (SSSR count). The van der Waals surface area contributed by atoms with Crippen molar-refractivity contribution in [2.75, 3.05) is 0 Å². The highest BCUT2D eigenvalue weighted by Gasteiger charge is 2.47. The maximum Gasteiger partial charge on any atom is 0.417 e. The molecule has 0 radical (unpaired) electrons. The quantitative estimate of drug-likeness (QED) is 0.708. The van der Waals surface area contributed by atoms with Crippen LogP contribution in [-0.2, 0) is 18.5 Å². The van der Waals surface area contributed by atoms with E-state index in [1.807, 2.05) is 0 Å². The van der Waals surface area contributed by atoms with Gasteiger partial charge in [0, 0.05) is 6.04 Å². The highest BCUT2D eigenvalue weighted by atomic mass is 19.4. The third-order valence-electron chi connectivity index (χ3n) is 3.16. The van der Waals surface area contributed by atoms with Crippen molar-refractivity contribution in [3.8, 4) is 0 Å². The van der Waals surface area contributed by atoms with E-state index in [9.17, 15) is 39.5 Å². The SMILES string of the molecule is CC(C)C(N)c1cc(C(F)(F)F)cc(C(F)(F)F)c1C(F)(F)F. The largest absolute Gasteiger partial charge is 0.417 e. The molecule has 23 heavy (non-hydrogen) atoms. The topological polar surface area (TPSA) is 26.0 Å². The summed E-state index contributed by atoms with van der Waals surface area (Å²) in [6.07, 6.45) is -16.4. The van der Waals surface area contributed by atoms with E-state index in [0.29, 0.717) is 0 Å². The van der Waals surface area contributed by atoms with Gasteiger partial charge in [0.05, 0.1) is 16.7 Å². The van der Waals surface area contributed by atoms with Gasteiger partial charge in [-0.25, -0.2) is 0 Å². The van der Waals surface area contributed by atoms with Crippen LogP contribution in [0, 0.1) is 5.92 Å². The maximum absolute atomic E-state index is 13.1. The van der Waals surface area contributed by atoms with E-state index in [-0.39, 0.29) is 6.07 Å². The van der Waals surface area contributed by atoms with Crippen LogP contribution in [0.3, 0.4) is 0 Å². The summed E-state index contributed by atoms with van der Waals surface area (Å²) >= 11 is 0. The van der Waals surface area contributed by atoms with Crippen molar-refractivity contribution in [2.45, 2.75) is 38.4 Å². The van der Waals surface area contributed by atoms with Gasteiger partial charge in [-0.1, -0.05) is 13.8 Å². The molecule has 1 aromatic carbocycles. The van der Waals surface area contributed by atoms with Crippen molar-refractivity contribution in [2.24, 2.45) is 11.7 Å². The summed E-state index contributed by atoms with van der Waals surface area (Å²) in [5.41, 5.74) is -2.21. The molecule has 1 nitrogen and oxygen atoms in total. The lowest BCUT2D eigenvalue weighted by Gasteiger charge is -2.26. The first kappa shape index (κ1) is 19.6. The van der Waals surface area contributed by atoms with E-state index < -0.39 is 58.8 Å². The van der Waals surface area contributed by atoms with Crippen LogP contribution >= 0.6 is 0 Å². The Bertz CT molecular complexity index is 567. The Morgan fingerprint density at radius 1 is 0.783 bits per heavy atom. The summed E-state index contributed by atoms with van der Waals surface area (Å²) in [5.74, 6) is -0.805. The predicted octanol–water partition coefficient (Wildman–Crippen LogP) is 5.40. The summed E-state index contributed by atoms with van der Waals surface area (Å²) in [7, 11) is 0. The molecule has 10 heteroatoms. The van der Waals surface area contributed by atoms with Gasteiger partial charge in [0.25, 0.3) is 0 Å². The first-order valence-electron chi connectivity index (χ1n) is 6.22. The highest BCUT2D eigenvalue weighted by molar-refractivity contribution is 5.45. The number of rotatable bonds is 2. The molecule has 0 aliphatic heterocycles. The van der Waals surface area contributed by atoms with Gasteiger partial charge in [0.1, 0.15) is 0 Å². The number of alkyl halides is 9. The predicted molar refractivity (Wildman–Crippen MR) is 63.2 cm³/mol. The monoisotopic (exact) mass is 353 g/mol. The molecule has 0 aromatic heterocycles. The molecule has 1 atom stereocenters. The van der Waals surface area contributed by atoms with E-state index in [2.05, 4.69) is 0 Å². The average molecular weight is 353 g/mol. The van der Waals surface area contributed by atoms with Gasteiger partial charge in [-0.15, -0.1) is 0 Å². The Morgan fingerprint density at radius 3 is 1.57 bits per heavy atom. The van der Waals surface area contributed by atoms with Crippen LogP contribution in [0.5, 0.6) is 0 Å². The van der Waals surface area contributed by atoms with Gasteiger partial charge in [0.15, 0.2) is 0 Å². The molecule has 1 unspecified atom stereocenters. The van der Waals surface area contributed by atoms with Gasteiger partial charge in [-0.05, 0) is 23.6 Å². The van der Waals surface area contributed by atoms with Crippen molar-refractivity contribution in [3.05, 3.63) is 34.4 Å². The highest BCUT2D eigenvalue weighted by Crippen LogP contribution is 2.46. The van der Waals surface area contributed by atoms with E-state index in [4.69, 9.17) is 5.73 Å². The number of hydrogen-bond donors (Lipinski definition) is 1. The molecule has 0 aliphatic carbocycles. The van der Waals surface area contributed by atoms with Crippen molar-refractivity contribution in [1.29, 1.82) is 0 Å². The Hall–Kier alpha value is -1.45. The van der Waals surface area contributed by atoms with Crippen molar-refractivity contribution in [1.82, 2.24) is 0 Å². The zero-order valence-electron chi connectivity index (χ0n) is 11.8. The molecule has 0 aliphatic rings. The number of benzene rings is 1. The molecule has 132 valence electrons. The Balaban J connectivity index is 3.90. The molecule has 0 heterocycles. The lowest BCUT2D eigenvalue weighted by atomic mass is 9.88. The van der Waals surface area contributed by atoms with Crippen LogP contribution in [-0.4, -0.2) is 0 Å². The number of hydrogen-bond acceptors (Lipinski definition) is 1. The summed E-state index contributed by atoms with van der Waals surface area (Å²) in [6, 6.07) is -2.16. The second-order valence-electron chi connectivity index (χ2n) is 5.25. The van der Waals surface area contributed by atoms with Crippen LogP contribution in [0.1, 0.15) is 42.1 Å². The molecular formula is C13H12F9N. The fourth-order valence-corrected chi connectivity index (χ4v) is 1.99. The summed E-state index contributed by atoms with van der Waals surface area (Å²) in [6.45, 7) is 2.58. The zero-order chi connectivity index (χ0) is 18.4. The second-order valence-corrected chi connectivity index (χ2v) is 5.25. The van der Waals surface area contributed by atoms with Crippen molar-refractivity contribution in [3.63, 3.8) is 0 Å². The smallest absolute Gasteiger partial charge is 0.324 e. The lowest BCUT2D eigenvalue weighted by molar-refractivity contribution is -0.164. The maximum atomic E-state index is 13.1. The Labute approximate surface area is 125 Å². The molecule has 0 saturated heterocycles. The molecule has 0 spiro atoms. The molecule has 0 saturated carbocycles. The van der Waals surface area contributed by atoms with Gasteiger partial charge < -0.3 is 5.73 Å². The fourth-order valence-electron chi connectivity index (χ4n) is 1.99. The molecule has 0 bridgehead atoms. The van der Waals surface area contributed by atoms with Crippen LogP contribution in [0.25, 0.3) is 0 Å². The van der Waals surface area contributed by atoms with Crippen LogP contribution in [0.4, 0.5) is 39.5 Å². The molecule has 0 fully saturated rings. The minimum Gasteiger partial charge on any atom is -0.324 e. The molecule has 1 aromatic rings. The van der Waals surface area contributed by atoms with Gasteiger partial charge in [-0.3, -0.25) is 0 Å². The number of halogens is 9. The van der Waals surface area contributed by atoms with Crippen molar-refractivity contribution < 1.29 is 39.5 Å². The minimum absolute atomic E-state index is 0.0305. The van der Waals surface area contributed by atoms with Crippen molar-refractivity contribution >= 4 is 0 Å².